The smallest absolute Gasteiger partial charge is 0.313 e. The van der Waals surface area contributed by atoms with Gasteiger partial charge in [0.25, 0.3) is 0 Å². The molecule has 1 aliphatic rings. The van der Waals surface area contributed by atoms with Crippen LogP contribution in [0.4, 0.5) is 5.69 Å². The molecule has 1 aromatic carbocycles. The van der Waals surface area contributed by atoms with E-state index >= 15 is 0 Å². The maximum Gasteiger partial charge on any atom is 0.313 e. The van der Waals surface area contributed by atoms with E-state index in [0.29, 0.717) is 18.8 Å². The van der Waals surface area contributed by atoms with Gasteiger partial charge in [0.2, 0.25) is 0 Å². The van der Waals surface area contributed by atoms with Gasteiger partial charge in [0.05, 0.1) is 0 Å². The number of benzene rings is 1. The van der Waals surface area contributed by atoms with Gasteiger partial charge in [0.1, 0.15) is 0 Å². The first-order chi connectivity index (χ1) is 13.8. The summed E-state index contributed by atoms with van der Waals surface area (Å²) in [7, 11) is 7.84. The van der Waals surface area contributed by atoms with Crippen LogP contribution in [0.3, 0.4) is 0 Å². The zero-order valence-electron chi connectivity index (χ0n) is 18.5. The summed E-state index contributed by atoms with van der Waals surface area (Å²) < 4.78 is 0. The van der Waals surface area contributed by atoms with E-state index in [1.807, 2.05) is 56.2 Å². The number of likely N-dealkylation sites (tertiary alicyclic amines) is 1. The van der Waals surface area contributed by atoms with Crippen LogP contribution < -0.4 is 5.32 Å². The molecule has 1 heterocycles. The summed E-state index contributed by atoms with van der Waals surface area (Å²) >= 11 is 0. The largest absolute Gasteiger partial charge is 0.332 e. The Kier molecular flexibility index (Phi) is 9.57. The highest BCUT2D eigenvalue weighted by atomic mass is 16.2. The molecule has 0 radical (unpaired) electrons. The number of nitrogens with one attached hydrogen (secondary N) is 1. The minimum atomic E-state index is -0.572. The van der Waals surface area contributed by atoms with Gasteiger partial charge in [-0.15, -0.1) is 0 Å². The highest BCUT2D eigenvalue weighted by Gasteiger charge is 2.22. The fourth-order valence-electron chi connectivity index (χ4n) is 3.41. The van der Waals surface area contributed by atoms with Gasteiger partial charge in [-0.2, -0.15) is 0 Å². The predicted octanol–water partition coefficient (Wildman–Crippen LogP) is 1.56. The highest BCUT2D eigenvalue weighted by molar-refractivity contribution is 6.39. The van der Waals surface area contributed by atoms with Crippen molar-refractivity contribution < 1.29 is 9.59 Å². The molecular weight excluding hydrogens is 366 g/mol. The number of hydrogen-bond acceptors (Lipinski definition) is 5. The number of carbonyl (C=O) groups is 2. The Bertz CT molecular complexity index is 644. The van der Waals surface area contributed by atoms with Gasteiger partial charge in [-0.05, 0) is 71.8 Å². The normalized spacial score (nSPS) is 15.0. The van der Waals surface area contributed by atoms with Crippen LogP contribution in [-0.2, 0) is 16.1 Å². The van der Waals surface area contributed by atoms with E-state index in [1.165, 1.54) is 19.3 Å². The average Bonchev–Trinajstić information content (AvgIpc) is 2.68. The Morgan fingerprint density at radius 3 is 2.14 bits per heavy atom. The Morgan fingerprint density at radius 1 is 0.931 bits per heavy atom. The highest BCUT2D eigenvalue weighted by Crippen LogP contribution is 2.16. The Labute approximate surface area is 175 Å². The molecule has 7 nitrogen and oxygen atoms in total. The van der Waals surface area contributed by atoms with Crippen LogP contribution in [0, 0.1) is 0 Å². The fraction of sp³-hybridized carbons (Fsp3) is 0.636. The first-order valence-corrected chi connectivity index (χ1v) is 10.6. The molecule has 0 spiro atoms. The first-order valence-electron chi connectivity index (χ1n) is 10.6. The van der Waals surface area contributed by atoms with Crippen molar-refractivity contribution in [3.8, 4) is 0 Å². The number of hydrogen-bond donors (Lipinski definition) is 1. The molecule has 29 heavy (non-hydrogen) atoms. The minimum absolute atomic E-state index is 0.477. The van der Waals surface area contributed by atoms with Gasteiger partial charge < -0.3 is 20.0 Å². The topological polar surface area (TPSA) is 59.1 Å². The maximum absolute atomic E-state index is 12.7. The molecule has 1 aliphatic heterocycles. The number of likely N-dealkylation sites (N-methyl/N-ethyl adjacent to an activating group) is 2. The molecule has 0 saturated carbocycles. The fourth-order valence-corrected chi connectivity index (χ4v) is 3.41. The molecule has 0 aliphatic carbocycles. The van der Waals surface area contributed by atoms with Crippen molar-refractivity contribution in [3.63, 3.8) is 0 Å². The van der Waals surface area contributed by atoms with Crippen molar-refractivity contribution in [3.05, 3.63) is 29.8 Å². The van der Waals surface area contributed by atoms with E-state index in [4.69, 9.17) is 0 Å². The third-order valence-corrected chi connectivity index (χ3v) is 5.16. The lowest BCUT2D eigenvalue weighted by atomic mass is 10.1. The molecule has 1 N–H and O–H groups in total. The Hall–Kier alpha value is -1.96. The third-order valence-electron chi connectivity index (χ3n) is 5.16. The number of piperidine rings is 1. The Balaban J connectivity index is 1.96. The molecule has 0 bridgehead atoms. The van der Waals surface area contributed by atoms with Gasteiger partial charge in [-0.1, -0.05) is 18.6 Å². The van der Waals surface area contributed by atoms with Crippen LogP contribution in [0.5, 0.6) is 0 Å². The van der Waals surface area contributed by atoms with Gasteiger partial charge in [0.15, 0.2) is 0 Å². The number of nitrogens with zero attached hydrogens (tertiary/aromatic N) is 4. The quantitative estimate of drug-likeness (QED) is 0.634. The zero-order chi connectivity index (χ0) is 21.2. The molecule has 1 saturated heterocycles. The molecule has 1 aromatic rings. The molecule has 0 atom stereocenters. The van der Waals surface area contributed by atoms with Crippen molar-refractivity contribution in [2.45, 2.75) is 25.8 Å². The SMILES string of the molecule is CN(C)CCN(CCN(C)C)C(=O)C(=O)Nc1cccc(CN2CCCCC2)c1. The lowest BCUT2D eigenvalue weighted by Crippen LogP contribution is -2.45. The van der Waals surface area contributed by atoms with Crippen LogP contribution in [-0.4, -0.2) is 98.9 Å². The number of carbonyl (C=O) groups excluding carboxylic acids is 2. The molecular formula is C22H37N5O2. The summed E-state index contributed by atoms with van der Waals surface area (Å²) in [5.74, 6) is -1.05. The van der Waals surface area contributed by atoms with Crippen molar-refractivity contribution in [2.24, 2.45) is 0 Å². The van der Waals surface area contributed by atoms with E-state index in [0.717, 1.165) is 38.3 Å². The number of rotatable bonds is 9. The predicted molar refractivity (Wildman–Crippen MR) is 118 cm³/mol. The molecule has 2 rings (SSSR count). The summed E-state index contributed by atoms with van der Waals surface area (Å²) in [6, 6.07) is 7.83. The number of anilines is 1. The lowest BCUT2D eigenvalue weighted by molar-refractivity contribution is -0.143. The molecule has 2 amide bonds. The van der Waals surface area contributed by atoms with Gasteiger partial charge in [-0.3, -0.25) is 14.5 Å². The molecule has 1 fully saturated rings. The van der Waals surface area contributed by atoms with Crippen LogP contribution in [0.1, 0.15) is 24.8 Å². The van der Waals surface area contributed by atoms with E-state index in [9.17, 15) is 9.59 Å². The summed E-state index contributed by atoms with van der Waals surface area (Å²) in [6.07, 6.45) is 3.81. The van der Waals surface area contributed by atoms with Crippen molar-refractivity contribution in [1.82, 2.24) is 19.6 Å². The van der Waals surface area contributed by atoms with Gasteiger partial charge >= 0.3 is 11.8 Å². The summed E-state index contributed by atoms with van der Waals surface area (Å²) in [5, 5.41) is 2.80. The zero-order valence-corrected chi connectivity index (χ0v) is 18.5. The van der Waals surface area contributed by atoms with Crippen molar-refractivity contribution >= 4 is 17.5 Å². The van der Waals surface area contributed by atoms with Crippen LogP contribution >= 0.6 is 0 Å². The molecule has 0 aromatic heterocycles. The average molecular weight is 404 g/mol. The van der Waals surface area contributed by atoms with Gasteiger partial charge in [-0.25, -0.2) is 0 Å². The minimum Gasteiger partial charge on any atom is -0.332 e. The van der Waals surface area contributed by atoms with Crippen LogP contribution in [0.15, 0.2) is 24.3 Å². The Morgan fingerprint density at radius 2 is 1.55 bits per heavy atom. The lowest BCUT2D eigenvalue weighted by Gasteiger charge is -2.26. The first kappa shape index (κ1) is 23.3. The van der Waals surface area contributed by atoms with E-state index in [2.05, 4.69) is 16.3 Å². The van der Waals surface area contributed by atoms with E-state index < -0.39 is 11.8 Å². The summed E-state index contributed by atoms with van der Waals surface area (Å²) in [5.41, 5.74) is 1.84. The second-order valence-electron chi connectivity index (χ2n) is 8.39. The van der Waals surface area contributed by atoms with Crippen molar-refractivity contribution in [1.29, 1.82) is 0 Å². The second-order valence-corrected chi connectivity index (χ2v) is 8.39. The standard InChI is InChI=1S/C22H37N5O2/c1-24(2)13-15-27(16-14-25(3)4)22(29)21(28)23-20-10-8-9-19(17-20)18-26-11-6-5-7-12-26/h8-10,17H,5-7,11-16,18H2,1-4H3,(H,23,28). The molecule has 7 heteroatoms. The van der Waals surface area contributed by atoms with Crippen LogP contribution in [0.25, 0.3) is 0 Å². The number of amides is 2. The third kappa shape index (κ3) is 8.51. The maximum atomic E-state index is 12.7. The van der Waals surface area contributed by atoms with E-state index in [1.54, 1.807) is 4.90 Å². The second kappa shape index (κ2) is 11.9. The monoisotopic (exact) mass is 403 g/mol. The van der Waals surface area contributed by atoms with Crippen molar-refractivity contribution in [2.75, 3.05) is 72.8 Å². The summed E-state index contributed by atoms with van der Waals surface area (Å²) in [6.45, 7) is 5.64. The van der Waals surface area contributed by atoms with E-state index in [-0.39, 0.29) is 0 Å². The summed E-state index contributed by atoms with van der Waals surface area (Å²) in [4.78, 5) is 33.4. The van der Waals surface area contributed by atoms with Crippen LogP contribution in [0.2, 0.25) is 0 Å². The van der Waals surface area contributed by atoms with Gasteiger partial charge in [0, 0.05) is 38.4 Å². The molecule has 0 unspecified atom stereocenters. The molecule has 162 valence electrons.